The van der Waals surface area contributed by atoms with E-state index in [0.717, 1.165) is 43.8 Å². The Morgan fingerprint density at radius 3 is 2.27 bits per heavy atom. The van der Waals surface area contributed by atoms with Gasteiger partial charge in [-0.05, 0) is 76.3 Å². The highest BCUT2D eigenvalue weighted by Gasteiger charge is 2.38. The van der Waals surface area contributed by atoms with Gasteiger partial charge in [0.1, 0.15) is 5.69 Å². The molecule has 7 rings (SSSR count). The summed E-state index contributed by atoms with van der Waals surface area (Å²) in [5, 5.41) is 21.9. The summed E-state index contributed by atoms with van der Waals surface area (Å²) in [5.74, 6) is -0.616. The number of carbonyl (C=O) groups excluding carboxylic acids is 1. The molecule has 4 atom stereocenters. The number of nitrogens with zero attached hydrogens (tertiary/aromatic N) is 2. The number of rotatable bonds is 11. The van der Waals surface area contributed by atoms with Crippen molar-refractivity contribution in [2.45, 2.75) is 43.5 Å². The molecule has 0 spiro atoms. The summed E-state index contributed by atoms with van der Waals surface area (Å²) in [7, 11) is 0. The number of carbonyl (C=O) groups is 2. The van der Waals surface area contributed by atoms with Crippen molar-refractivity contribution in [1.82, 2.24) is 15.3 Å². The molecule has 6 aromatic rings. The van der Waals surface area contributed by atoms with Crippen LogP contribution in [0.1, 0.15) is 62.4 Å². The maximum absolute atomic E-state index is 12.9. The molecule has 10 heteroatoms. The van der Waals surface area contributed by atoms with Gasteiger partial charge in [0, 0.05) is 28.7 Å². The molecule has 0 saturated carbocycles. The number of para-hydroxylation sites is 2. The van der Waals surface area contributed by atoms with Gasteiger partial charge in [-0.2, -0.15) is 0 Å². The minimum atomic E-state index is -0.955. The molecule has 9 nitrogen and oxygen atoms in total. The molecular formula is C42H37N3O6S. The molecule has 262 valence electrons. The highest BCUT2D eigenvalue weighted by atomic mass is 32.2. The maximum atomic E-state index is 12.9. The summed E-state index contributed by atoms with van der Waals surface area (Å²) in [6.07, 6.45) is 0.388. The van der Waals surface area contributed by atoms with Crippen molar-refractivity contribution in [2.75, 3.05) is 5.75 Å². The number of carboxylic acids is 1. The van der Waals surface area contributed by atoms with E-state index in [1.165, 1.54) is 6.20 Å². The van der Waals surface area contributed by atoms with Gasteiger partial charge >= 0.3 is 5.97 Å². The van der Waals surface area contributed by atoms with Crippen LogP contribution < -0.4 is 5.32 Å². The van der Waals surface area contributed by atoms with Gasteiger partial charge in [-0.3, -0.25) is 9.78 Å². The Labute approximate surface area is 305 Å². The smallest absolute Gasteiger partial charge is 0.335 e. The molecule has 52 heavy (non-hydrogen) atoms. The summed E-state index contributed by atoms with van der Waals surface area (Å²) in [5.41, 5.74) is 7.51. The second-order valence-corrected chi connectivity index (χ2v) is 13.8. The van der Waals surface area contributed by atoms with Crippen LogP contribution in [0.5, 0.6) is 0 Å². The molecule has 1 aliphatic heterocycles. The molecule has 2 heterocycles. The number of ether oxygens (including phenoxy) is 2. The lowest BCUT2D eigenvalue weighted by atomic mass is 9.91. The number of aromatic carboxylic acids is 1. The van der Waals surface area contributed by atoms with Crippen molar-refractivity contribution in [2.24, 2.45) is 5.92 Å². The fourth-order valence-corrected chi connectivity index (χ4v) is 7.31. The van der Waals surface area contributed by atoms with Crippen LogP contribution in [-0.2, 0) is 22.6 Å². The number of carboxylic acid groups (broad SMARTS) is 1. The first-order valence-electron chi connectivity index (χ1n) is 17.0. The number of aliphatic hydroxyl groups is 1. The monoisotopic (exact) mass is 711 g/mol. The van der Waals surface area contributed by atoms with Gasteiger partial charge in [0.2, 0.25) is 0 Å². The van der Waals surface area contributed by atoms with E-state index in [4.69, 9.17) is 9.47 Å². The van der Waals surface area contributed by atoms with Crippen LogP contribution in [0.2, 0.25) is 0 Å². The minimum Gasteiger partial charge on any atom is -0.478 e. The van der Waals surface area contributed by atoms with E-state index >= 15 is 0 Å². The number of aliphatic hydroxyl groups excluding tert-OH is 1. The second kappa shape index (κ2) is 15.9. The van der Waals surface area contributed by atoms with Crippen LogP contribution in [-0.4, -0.2) is 43.9 Å². The number of nitrogens with one attached hydrogen (secondary N) is 1. The van der Waals surface area contributed by atoms with Gasteiger partial charge in [-0.25, -0.2) is 9.78 Å². The first-order chi connectivity index (χ1) is 25.3. The predicted molar refractivity (Wildman–Crippen MR) is 200 cm³/mol. The fourth-order valence-electron chi connectivity index (χ4n) is 6.25. The van der Waals surface area contributed by atoms with E-state index in [1.54, 1.807) is 23.9 Å². The average Bonchev–Trinajstić information content (AvgIpc) is 3.19. The molecule has 3 N–H and O–H groups in total. The van der Waals surface area contributed by atoms with Crippen molar-refractivity contribution in [3.8, 4) is 11.1 Å². The SMILES string of the molecule is C[C@H]1[C@@H](CSc2ccc(C(=O)O)cc2)O[C@@H](c2cccc(-c3cccc(CNC(=O)c4cnc5ccccc5n4)c3)c2)O[C@H]1c1ccc(CO)cc1. The largest absolute Gasteiger partial charge is 0.478 e. The predicted octanol–water partition coefficient (Wildman–Crippen LogP) is 8.00. The minimum absolute atomic E-state index is 0.00215. The Morgan fingerprint density at radius 1 is 0.788 bits per heavy atom. The first kappa shape index (κ1) is 35.0. The third-order valence-corrected chi connectivity index (χ3v) is 10.3. The third-order valence-electron chi connectivity index (χ3n) is 9.19. The number of aromatic nitrogens is 2. The zero-order chi connectivity index (χ0) is 36.0. The molecule has 0 radical (unpaired) electrons. The van der Waals surface area contributed by atoms with Crippen LogP contribution in [0.3, 0.4) is 0 Å². The maximum Gasteiger partial charge on any atom is 0.335 e. The number of hydrogen-bond donors (Lipinski definition) is 3. The van der Waals surface area contributed by atoms with E-state index in [9.17, 15) is 19.8 Å². The van der Waals surface area contributed by atoms with Gasteiger partial charge in [0.25, 0.3) is 5.91 Å². The molecule has 1 fully saturated rings. The summed E-state index contributed by atoms with van der Waals surface area (Å²) in [4.78, 5) is 34.0. The topological polar surface area (TPSA) is 131 Å². The lowest BCUT2D eigenvalue weighted by Gasteiger charge is -2.41. The van der Waals surface area contributed by atoms with E-state index in [1.807, 2.05) is 97.1 Å². The third kappa shape index (κ3) is 8.06. The number of fused-ring (bicyclic) bond motifs is 1. The Kier molecular flexibility index (Phi) is 10.7. The van der Waals surface area contributed by atoms with Crippen LogP contribution in [0, 0.1) is 5.92 Å². The summed E-state index contributed by atoms with van der Waals surface area (Å²) in [6.45, 7) is 2.40. The zero-order valence-electron chi connectivity index (χ0n) is 28.4. The standard InChI is InChI=1S/C42H37N3O6S/c1-26-38(25-52-34-18-16-30(17-19-34)41(48)49)50-42(51-39(26)29-14-12-27(24-46)13-15-29)33-9-5-8-32(21-33)31-7-4-6-28(20-31)22-44-40(47)37-23-43-35-10-2-3-11-36(35)45-37/h2-21,23,26,38-39,42,46H,22,24-25H2,1H3,(H,44,47)(H,48,49)/t26-,38+,39+,42+/m0/s1. The summed E-state index contributed by atoms with van der Waals surface area (Å²) < 4.78 is 13.4. The van der Waals surface area contributed by atoms with E-state index in [2.05, 4.69) is 34.3 Å². The molecule has 1 amide bonds. The number of thioether (sulfide) groups is 1. The average molecular weight is 712 g/mol. The van der Waals surface area contributed by atoms with Crippen LogP contribution >= 0.6 is 11.8 Å². The molecule has 1 aromatic heterocycles. The number of hydrogen-bond acceptors (Lipinski definition) is 8. The molecule has 1 aliphatic rings. The molecule has 0 bridgehead atoms. The van der Waals surface area contributed by atoms with Crippen LogP contribution in [0.15, 0.2) is 132 Å². The Morgan fingerprint density at radius 2 is 1.52 bits per heavy atom. The molecular weight excluding hydrogens is 675 g/mol. The van der Waals surface area contributed by atoms with Crippen molar-refractivity contribution >= 4 is 34.7 Å². The van der Waals surface area contributed by atoms with Gasteiger partial charge in [0.15, 0.2) is 6.29 Å². The zero-order valence-corrected chi connectivity index (χ0v) is 29.2. The van der Waals surface area contributed by atoms with Crippen molar-refractivity contribution in [3.63, 3.8) is 0 Å². The highest BCUT2D eigenvalue weighted by molar-refractivity contribution is 7.99. The van der Waals surface area contributed by atoms with Crippen molar-refractivity contribution < 1.29 is 29.3 Å². The highest BCUT2D eigenvalue weighted by Crippen LogP contribution is 2.43. The van der Waals surface area contributed by atoms with E-state index in [-0.39, 0.29) is 41.9 Å². The second-order valence-electron chi connectivity index (χ2n) is 12.7. The van der Waals surface area contributed by atoms with Gasteiger partial charge in [-0.1, -0.05) is 79.7 Å². The summed E-state index contributed by atoms with van der Waals surface area (Å²) >= 11 is 1.61. The van der Waals surface area contributed by atoms with Gasteiger partial charge < -0.3 is 25.0 Å². The quantitative estimate of drug-likeness (QED) is 0.114. The number of amides is 1. The summed E-state index contributed by atoms with van der Waals surface area (Å²) in [6, 6.07) is 38.3. The number of benzene rings is 5. The Balaban J connectivity index is 1.09. The van der Waals surface area contributed by atoms with Gasteiger partial charge in [0.05, 0.1) is 41.6 Å². The Bertz CT molecular complexity index is 2190. The lowest BCUT2D eigenvalue weighted by Crippen LogP contribution is -2.38. The molecule has 0 aliphatic carbocycles. The van der Waals surface area contributed by atoms with Crippen LogP contribution in [0.4, 0.5) is 0 Å². The lowest BCUT2D eigenvalue weighted by molar-refractivity contribution is -0.268. The molecule has 5 aromatic carbocycles. The Hall–Kier alpha value is -5.39. The molecule has 1 saturated heterocycles. The van der Waals surface area contributed by atoms with Crippen molar-refractivity contribution in [3.05, 3.63) is 161 Å². The van der Waals surface area contributed by atoms with E-state index in [0.29, 0.717) is 17.8 Å². The first-order valence-corrected chi connectivity index (χ1v) is 18.0. The van der Waals surface area contributed by atoms with E-state index < -0.39 is 12.3 Å². The molecule has 0 unspecified atom stereocenters. The van der Waals surface area contributed by atoms with Crippen molar-refractivity contribution in [1.29, 1.82) is 0 Å². The van der Waals surface area contributed by atoms with Crippen LogP contribution in [0.25, 0.3) is 22.2 Å². The normalized spacial score (nSPS) is 18.6. The fraction of sp³-hybridized carbons (Fsp3) is 0.190. The van der Waals surface area contributed by atoms with Gasteiger partial charge in [-0.15, -0.1) is 11.8 Å².